The predicted octanol–water partition coefficient (Wildman–Crippen LogP) is 3.55. The highest BCUT2D eigenvalue weighted by molar-refractivity contribution is 5.96. The maximum atomic E-state index is 13.4. The molecule has 1 N–H and O–H groups in total. The van der Waals surface area contributed by atoms with Gasteiger partial charge in [0, 0.05) is 11.1 Å². The average molecular weight is 237 g/mol. The number of rotatable bonds is 2. The first-order chi connectivity index (χ1) is 7.70. The molecular formula is C14H20FNO. The van der Waals surface area contributed by atoms with Gasteiger partial charge in [-0.25, -0.2) is 4.39 Å². The molecule has 0 aromatic heterocycles. The number of hydrogen-bond acceptors (Lipinski definition) is 1. The van der Waals surface area contributed by atoms with Gasteiger partial charge in [-0.15, -0.1) is 0 Å². The molecule has 0 bridgehead atoms. The van der Waals surface area contributed by atoms with Crippen LogP contribution in [0.15, 0.2) is 18.2 Å². The fraction of sp³-hybridized carbons (Fsp3) is 0.500. The molecule has 0 saturated heterocycles. The number of benzene rings is 1. The molecule has 3 heteroatoms. The minimum Gasteiger partial charge on any atom is -0.347 e. The molecule has 0 fully saturated rings. The van der Waals surface area contributed by atoms with Crippen LogP contribution in [0, 0.1) is 6.92 Å². The summed E-state index contributed by atoms with van der Waals surface area (Å²) in [7, 11) is 0. The number of alkyl halides is 1. The Balaban J connectivity index is 3.11. The van der Waals surface area contributed by atoms with Crippen LogP contribution in [0.3, 0.4) is 0 Å². The molecule has 1 rings (SSSR count). The monoisotopic (exact) mass is 237 g/mol. The zero-order valence-corrected chi connectivity index (χ0v) is 11.1. The van der Waals surface area contributed by atoms with Gasteiger partial charge in [-0.2, -0.15) is 0 Å². The molecule has 0 spiro atoms. The quantitative estimate of drug-likeness (QED) is 0.837. The van der Waals surface area contributed by atoms with Gasteiger partial charge < -0.3 is 5.32 Å². The Morgan fingerprint density at radius 1 is 1.35 bits per heavy atom. The van der Waals surface area contributed by atoms with Crippen LogP contribution in [0.1, 0.15) is 55.4 Å². The summed E-state index contributed by atoms with van der Waals surface area (Å²) in [6.45, 7) is 9.04. The summed E-state index contributed by atoms with van der Waals surface area (Å²) in [5.74, 6) is -0.222. The van der Waals surface area contributed by atoms with Gasteiger partial charge >= 0.3 is 0 Å². The summed E-state index contributed by atoms with van der Waals surface area (Å²) in [6.07, 6.45) is -1.14. The Morgan fingerprint density at radius 3 is 2.41 bits per heavy atom. The van der Waals surface area contributed by atoms with E-state index in [-0.39, 0.29) is 11.4 Å². The van der Waals surface area contributed by atoms with Gasteiger partial charge in [0.15, 0.2) is 0 Å². The SMILES string of the molecule is Cc1ccc([C@H](C)F)c(C(=O)NC(C)(C)C)c1. The van der Waals surface area contributed by atoms with Crippen molar-refractivity contribution in [1.82, 2.24) is 5.32 Å². The molecule has 2 nitrogen and oxygen atoms in total. The van der Waals surface area contributed by atoms with Crippen molar-refractivity contribution in [1.29, 1.82) is 0 Å². The summed E-state index contributed by atoms with van der Waals surface area (Å²) >= 11 is 0. The van der Waals surface area contributed by atoms with Crippen molar-refractivity contribution in [2.45, 2.75) is 46.3 Å². The highest BCUT2D eigenvalue weighted by Crippen LogP contribution is 2.22. The molecule has 0 heterocycles. The van der Waals surface area contributed by atoms with Crippen LogP contribution >= 0.6 is 0 Å². The number of aryl methyl sites for hydroxylation is 1. The van der Waals surface area contributed by atoms with Crippen molar-refractivity contribution in [2.24, 2.45) is 0 Å². The Bertz CT molecular complexity index is 419. The van der Waals surface area contributed by atoms with Gasteiger partial charge in [0.05, 0.1) is 0 Å². The Hall–Kier alpha value is -1.38. The second-order valence-corrected chi connectivity index (χ2v) is 5.41. The lowest BCUT2D eigenvalue weighted by atomic mass is 9.99. The van der Waals surface area contributed by atoms with Crippen molar-refractivity contribution in [2.75, 3.05) is 0 Å². The first-order valence-corrected chi connectivity index (χ1v) is 5.78. The van der Waals surface area contributed by atoms with Gasteiger partial charge in [-0.3, -0.25) is 4.79 Å². The second-order valence-electron chi connectivity index (χ2n) is 5.41. The highest BCUT2D eigenvalue weighted by Gasteiger charge is 2.20. The van der Waals surface area contributed by atoms with E-state index in [0.717, 1.165) is 5.56 Å². The van der Waals surface area contributed by atoms with E-state index in [1.165, 1.54) is 6.92 Å². The van der Waals surface area contributed by atoms with Crippen molar-refractivity contribution in [3.63, 3.8) is 0 Å². The van der Waals surface area contributed by atoms with Gasteiger partial charge in [0.1, 0.15) is 6.17 Å². The van der Waals surface area contributed by atoms with Crippen molar-refractivity contribution in [3.05, 3.63) is 34.9 Å². The first kappa shape index (κ1) is 13.7. The van der Waals surface area contributed by atoms with Gasteiger partial charge in [-0.05, 0) is 46.2 Å². The first-order valence-electron chi connectivity index (χ1n) is 5.78. The Labute approximate surface area is 102 Å². The molecule has 1 atom stereocenters. The molecule has 0 radical (unpaired) electrons. The van der Waals surface area contributed by atoms with Crippen LogP contribution in [0.5, 0.6) is 0 Å². The third-order valence-corrected chi connectivity index (χ3v) is 2.37. The number of hydrogen-bond donors (Lipinski definition) is 1. The van der Waals surface area contributed by atoms with E-state index in [1.807, 2.05) is 33.8 Å². The Morgan fingerprint density at radius 2 is 1.94 bits per heavy atom. The third kappa shape index (κ3) is 3.84. The molecule has 94 valence electrons. The summed E-state index contributed by atoms with van der Waals surface area (Å²) in [5.41, 5.74) is 1.50. The van der Waals surface area contributed by atoms with Crippen LogP contribution in [0.4, 0.5) is 4.39 Å². The summed E-state index contributed by atoms with van der Waals surface area (Å²) in [4.78, 5) is 12.1. The molecule has 0 aliphatic heterocycles. The second kappa shape index (κ2) is 4.86. The van der Waals surface area contributed by atoms with Gasteiger partial charge in [0.2, 0.25) is 0 Å². The molecule has 0 saturated carbocycles. The normalized spacial score (nSPS) is 13.3. The summed E-state index contributed by atoms with van der Waals surface area (Å²) < 4.78 is 13.4. The van der Waals surface area contributed by atoms with Crippen LogP contribution in [0.25, 0.3) is 0 Å². The molecule has 0 unspecified atom stereocenters. The number of carbonyl (C=O) groups excluding carboxylic acids is 1. The maximum Gasteiger partial charge on any atom is 0.252 e. The van der Waals surface area contributed by atoms with Crippen LogP contribution in [-0.2, 0) is 0 Å². The molecule has 0 aliphatic rings. The van der Waals surface area contributed by atoms with E-state index in [2.05, 4.69) is 5.32 Å². The van der Waals surface area contributed by atoms with E-state index in [0.29, 0.717) is 11.1 Å². The molecular weight excluding hydrogens is 217 g/mol. The van der Waals surface area contributed by atoms with E-state index >= 15 is 0 Å². The van der Waals surface area contributed by atoms with Crippen LogP contribution in [-0.4, -0.2) is 11.4 Å². The topological polar surface area (TPSA) is 29.1 Å². The fourth-order valence-electron chi connectivity index (χ4n) is 1.62. The zero-order chi connectivity index (χ0) is 13.2. The maximum absolute atomic E-state index is 13.4. The van der Waals surface area contributed by atoms with Crippen LogP contribution in [0.2, 0.25) is 0 Å². The van der Waals surface area contributed by atoms with Crippen LogP contribution < -0.4 is 5.32 Å². The summed E-state index contributed by atoms with van der Waals surface area (Å²) in [6, 6.07) is 5.23. The smallest absolute Gasteiger partial charge is 0.252 e. The lowest BCUT2D eigenvalue weighted by Crippen LogP contribution is -2.41. The fourth-order valence-corrected chi connectivity index (χ4v) is 1.62. The van der Waals surface area contributed by atoms with Crippen molar-refractivity contribution in [3.8, 4) is 0 Å². The summed E-state index contributed by atoms with van der Waals surface area (Å²) in [5, 5.41) is 2.85. The number of nitrogens with one attached hydrogen (secondary N) is 1. The lowest BCUT2D eigenvalue weighted by Gasteiger charge is -2.22. The number of halogens is 1. The molecule has 1 aromatic rings. The van der Waals surface area contributed by atoms with E-state index in [1.54, 1.807) is 12.1 Å². The van der Waals surface area contributed by atoms with Gasteiger partial charge in [-0.1, -0.05) is 17.7 Å². The average Bonchev–Trinajstić information content (AvgIpc) is 2.14. The minimum atomic E-state index is -1.14. The minimum absolute atomic E-state index is 0.222. The lowest BCUT2D eigenvalue weighted by molar-refractivity contribution is 0.0916. The van der Waals surface area contributed by atoms with Gasteiger partial charge in [0.25, 0.3) is 5.91 Å². The molecule has 1 aromatic carbocycles. The van der Waals surface area contributed by atoms with E-state index in [4.69, 9.17) is 0 Å². The predicted molar refractivity (Wildman–Crippen MR) is 67.9 cm³/mol. The largest absolute Gasteiger partial charge is 0.347 e. The highest BCUT2D eigenvalue weighted by atomic mass is 19.1. The number of amides is 1. The Kier molecular flexibility index (Phi) is 3.91. The van der Waals surface area contributed by atoms with E-state index < -0.39 is 6.17 Å². The molecule has 0 aliphatic carbocycles. The zero-order valence-electron chi connectivity index (χ0n) is 11.1. The van der Waals surface area contributed by atoms with Crippen molar-refractivity contribution >= 4 is 5.91 Å². The third-order valence-electron chi connectivity index (χ3n) is 2.37. The molecule has 17 heavy (non-hydrogen) atoms. The standard InChI is InChI=1S/C14H20FNO/c1-9-6-7-11(10(2)15)12(8-9)13(17)16-14(3,4)5/h6-8,10H,1-5H3,(H,16,17)/t10-/m0/s1. The van der Waals surface area contributed by atoms with E-state index in [9.17, 15) is 9.18 Å². The van der Waals surface area contributed by atoms with Crippen molar-refractivity contribution < 1.29 is 9.18 Å². The number of carbonyl (C=O) groups is 1. The molecule has 1 amide bonds.